The third-order valence-electron chi connectivity index (χ3n) is 2.99. The second kappa shape index (κ2) is 6.19. The molecule has 1 aromatic carbocycles. The summed E-state index contributed by atoms with van der Waals surface area (Å²) in [6.07, 6.45) is -0.100. The molecular weight excluding hydrogens is 230 g/mol. The zero-order valence-electron chi connectivity index (χ0n) is 11.0. The molecule has 0 spiro atoms. The Morgan fingerprint density at radius 2 is 1.67 bits per heavy atom. The molecule has 1 aromatic rings. The number of aliphatic carboxylic acids is 1. The van der Waals surface area contributed by atoms with Gasteiger partial charge in [-0.1, -0.05) is 12.1 Å². The van der Waals surface area contributed by atoms with Crippen molar-refractivity contribution < 1.29 is 14.7 Å². The molecule has 0 atom stereocenters. The third-order valence-corrected chi connectivity index (χ3v) is 2.99. The zero-order chi connectivity index (χ0) is 13.7. The molecular formula is C14H19NO3. The Morgan fingerprint density at radius 3 is 2.28 bits per heavy atom. The van der Waals surface area contributed by atoms with Gasteiger partial charge in [0.25, 0.3) is 0 Å². The number of carboxylic acids is 1. The average Bonchev–Trinajstić information content (AvgIpc) is 2.29. The summed E-state index contributed by atoms with van der Waals surface area (Å²) in [5, 5.41) is 11.2. The summed E-state index contributed by atoms with van der Waals surface area (Å²) >= 11 is 0. The smallest absolute Gasteiger partial charge is 0.303 e. The third kappa shape index (κ3) is 4.20. The van der Waals surface area contributed by atoms with Gasteiger partial charge in [-0.05, 0) is 43.0 Å². The molecule has 4 heteroatoms. The van der Waals surface area contributed by atoms with Gasteiger partial charge >= 0.3 is 5.97 Å². The number of benzene rings is 1. The first-order valence-electron chi connectivity index (χ1n) is 5.95. The summed E-state index contributed by atoms with van der Waals surface area (Å²) in [6, 6.07) is 4.15. The number of carbonyl (C=O) groups excluding carboxylic acids is 1. The van der Waals surface area contributed by atoms with E-state index in [1.165, 1.54) is 11.1 Å². The van der Waals surface area contributed by atoms with Crippen LogP contribution in [0.3, 0.4) is 0 Å². The van der Waals surface area contributed by atoms with E-state index in [0.717, 1.165) is 11.1 Å². The Hall–Kier alpha value is -1.84. The minimum absolute atomic E-state index is 0.0270. The average molecular weight is 249 g/mol. The fraction of sp³-hybridized carbons (Fsp3) is 0.429. The van der Waals surface area contributed by atoms with Crippen LogP contribution in [-0.4, -0.2) is 17.0 Å². The van der Waals surface area contributed by atoms with Crippen LogP contribution in [0.5, 0.6) is 0 Å². The minimum Gasteiger partial charge on any atom is -0.481 e. The number of aryl methyl sites for hydroxylation is 3. The second-order valence-electron chi connectivity index (χ2n) is 4.53. The van der Waals surface area contributed by atoms with E-state index in [2.05, 4.69) is 24.4 Å². The fourth-order valence-corrected chi connectivity index (χ4v) is 1.71. The summed E-state index contributed by atoms with van der Waals surface area (Å²) in [5.74, 6) is -1.18. The first-order valence-corrected chi connectivity index (χ1v) is 5.95. The molecule has 18 heavy (non-hydrogen) atoms. The molecule has 0 fully saturated rings. The van der Waals surface area contributed by atoms with Gasteiger partial charge in [-0.3, -0.25) is 9.59 Å². The Labute approximate surface area is 107 Å². The number of nitrogens with one attached hydrogen (secondary N) is 1. The van der Waals surface area contributed by atoms with Crippen molar-refractivity contribution >= 4 is 11.9 Å². The number of hydrogen-bond acceptors (Lipinski definition) is 2. The maximum absolute atomic E-state index is 11.4. The van der Waals surface area contributed by atoms with E-state index in [1.807, 2.05) is 13.8 Å². The van der Waals surface area contributed by atoms with Crippen molar-refractivity contribution in [2.45, 2.75) is 40.2 Å². The highest BCUT2D eigenvalue weighted by Crippen LogP contribution is 2.15. The standard InChI is InChI=1S/C14H19NO3/c1-9-6-11(3)12(7-10(9)2)8-15-13(16)4-5-14(17)18/h6-7H,4-5,8H2,1-3H3,(H,15,16)(H,17,18). The van der Waals surface area contributed by atoms with Crippen LogP contribution in [0.2, 0.25) is 0 Å². The summed E-state index contributed by atoms with van der Waals surface area (Å²) in [6.45, 7) is 6.54. The monoisotopic (exact) mass is 249 g/mol. The molecule has 98 valence electrons. The quantitative estimate of drug-likeness (QED) is 0.839. The number of carboxylic acid groups (broad SMARTS) is 1. The van der Waals surface area contributed by atoms with Gasteiger partial charge in [0.2, 0.25) is 5.91 Å². The van der Waals surface area contributed by atoms with E-state index in [1.54, 1.807) is 0 Å². The first kappa shape index (κ1) is 14.2. The molecule has 0 aliphatic rings. The molecule has 0 saturated carbocycles. The molecule has 0 aromatic heterocycles. The topological polar surface area (TPSA) is 66.4 Å². The van der Waals surface area contributed by atoms with Crippen molar-refractivity contribution in [2.24, 2.45) is 0 Å². The van der Waals surface area contributed by atoms with Crippen molar-refractivity contribution in [1.82, 2.24) is 5.32 Å². The van der Waals surface area contributed by atoms with Crippen LogP contribution in [0.15, 0.2) is 12.1 Å². The maximum Gasteiger partial charge on any atom is 0.303 e. The predicted molar refractivity (Wildman–Crippen MR) is 69.4 cm³/mol. The van der Waals surface area contributed by atoms with Crippen LogP contribution in [0.1, 0.15) is 35.1 Å². The van der Waals surface area contributed by atoms with Gasteiger partial charge < -0.3 is 10.4 Å². The van der Waals surface area contributed by atoms with Crippen LogP contribution in [-0.2, 0) is 16.1 Å². The van der Waals surface area contributed by atoms with E-state index in [-0.39, 0.29) is 18.7 Å². The first-order chi connectivity index (χ1) is 8.40. The van der Waals surface area contributed by atoms with Gasteiger partial charge in [0.1, 0.15) is 0 Å². The summed E-state index contributed by atoms with van der Waals surface area (Å²) in [5.41, 5.74) is 4.63. The maximum atomic E-state index is 11.4. The summed E-state index contributed by atoms with van der Waals surface area (Å²) in [7, 11) is 0. The molecule has 0 aliphatic heterocycles. The fourth-order valence-electron chi connectivity index (χ4n) is 1.71. The van der Waals surface area contributed by atoms with Crippen LogP contribution in [0, 0.1) is 20.8 Å². The van der Waals surface area contributed by atoms with Crippen molar-refractivity contribution in [2.75, 3.05) is 0 Å². The molecule has 4 nitrogen and oxygen atoms in total. The Kier molecular flexibility index (Phi) is 4.89. The number of hydrogen-bond donors (Lipinski definition) is 2. The second-order valence-corrected chi connectivity index (χ2v) is 4.53. The van der Waals surface area contributed by atoms with E-state index < -0.39 is 5.97 Å². The SMILES string of the molecule is Cc1cc(C)c(CNC(=O)CCC(=O)O)cc1C. The van der Waals surface area contributed by atoms with E-state index in [0.29, 0.717) is 6.54 Å². The van der Waals surface area contributed by atoms with E-state index in [4.69, 9.17) is 5.11 Å². The molecule has 1 rings (SSSR count). The molecule has 1 amide bonds. The van der Waals surface area contributed by atoms with Crippen LogP contribution < -0.4 is 5.32 Å². The summed E-state index contributed by atoms with van der Waals surface area (Å²) in [4.78, 5) is 21.7. The van der Waals surface area contributed by atoms with Crippen LogP contribution in [0.25, 0.3) is 0 Å². The Morgan fingerprint density at radius 1 is 1.06 bits per heavy atom. The van der Waals surface area contributed by atoms with Gasteiger partial charge in [-0.15, -0.1) is 0 Å². The molecule has 0 aliphatic carbocycles. The minimum atomic E-state index is -0.951. The van der Waals surface area contributed by atoms with Gasteiger partial charge in [-0.2, -0.15) is 0 Å². The van der Waals surface area contributed by atoms with Crippen LogP contribution >= 0.6 is 0 Å². The van der Waals surface area contributed by atoms with Gasteiger partial charge in [0, 0.05) is 13.0 Å². The van der Waals surface area contributed by atoms with Crippen molar-refractivity contribution in [3.05, 3.63) is 34.4 Å². The highest BCUT2D eigenvalue weighted by Gasteiger charge is 2.07. The highest BCUT2D eigenvalue weighted by molar-refractivity contribution is 5.80. The lowest BCUT2D eigenvalue weighted by Gasteiger charge is -2.10. The van der Waals surface area contributed by atoms with Crippen molar-refractivity contribution in [3.8, 4) is 0 Å². The molecule has 0 heterocycles. The Bertz CT molecular complexity index is 466. The zero-order valence-corrected chi connectivity index (χ0v) is 11.0. The lowest BCUT2D eigenvalue weighted by Crippen LogP contribution is -2.23. The predicted octanol–water partition coefficient (Wildman–Crippen LogP) is 2.09. The normalized spacial score (nSPS) is 10.2. The lowest BCUT2D eigenvalue weighted by molar-refractivity contribution is -0.138. The number of carbonyl (C=O) groups is 2. The van der Waals surface area contributed by atoms with Gasteiger partial charge in [0.05, 0.1) is 6.42 Å². The van der Waals surface area contributed by atoms with E-state index in [9.17, 15) is 9.59 Å². The lowest BCUT2D eigenvalue weighted by atomic mass is 10.0. The molecule has 0 bridgehead atoms. The van der Waals surface area contributed by atoms with Crippen molar-refractivity contribution in [1.29, 1.82) is 0 Å². The van der Waals surface area contributed by atoms with E-state index >= 15 is 0 Å². The molecule has 0 unspecified atom stereocenters. The molecule has 0 saturated heterocycles. The molecule has 2 N–H and O–H groups in total. The number of rotatable bonds is 5. The Balaban J connectivity index is 2.56. The van der Waals surface area contributed by atoms with Crippen molar-refractivity contribution in [3.63, 3.8) is 0 Å². The molecule has 0 radical (unpaired) electrons. The van der Waals surface area contributed by atoms with Gasteiger partial charge in [-0.25, -0.2) is 0 Å². The van der Waals surface area contributed by atoms with Gasteiger partial charge in [0.15, 0.2) is 0 Å². The largest absolute Gasteiger partial charge is 0.481 e. The highest BCUT2D eigenvalue weighted by atomic mass is 16.4. The van der Waals surface area contributed by atoms with Crippen LogP contribution in [0.4, 0.5) is 0 Å². The number of amides is 1. The summed E-state index contributed by atoms with van der Waals surface area (Å²) < 4.78 is 0.